The Bertz CT molecular complexity index is 821. The van der Waals surface area contributed by atoms with Crippen molar-refractivity contribution in [3.8, 4) is 0 Å². The second-order valence-corrected chi connectivity index (χ2v) is 8.77. The van der Waals surface area contributed by atoms with Crippen molar-refractivity contribution < 1.29 is 27.9 Å². The second kappa shape index (κ2) is 8.20. The fourth-order valence-corrected chi connectivity index (χ4v) is 3.68. The van der Waals surface area contributed by atoms with E-state index in [0.29, 0.717) is 17.7 Å². The van der Waals surface area contributed by atoms with Crippen LogP contribution in [0.3, 0.4) is 0 Å². The Kier molecular flexibility index (Phi) is 6.01. The zero-order valence-corrected chi connectivity index (χ0v) is 17.3. The van der Waals surface area contributed by atoms with E-state index < -0.39 is 42.0 Å². The van der Waals surface area contributed by atoms with Crippen molar-refractivity contribution in [1.29, 1.82) is 0 Å². The van der Waals surface area contributed by atoms with E-state index in [9.17, 15) is 23.2 Å². The van der Waals surface area contributed by atoms with E-state index in [1.54, 1.807) is 45.0 Å². The number of carbonyl (C=O) groups is 3. The van der Waals surface area contributed by atoms with Gasteiger partial charge in [0.1, 0.15) is 11.6 Å². The summed E-state index contributed by atoms with van der Waals surface area (Å²) >= 11 is 0. The molecule has 7 nitrogen and oxygen atoms in total. The van der Waals surface area contributed by atoms with Crippen molar-refractivity contribution in [1.82, 2.24) is 10.2 Å². The van der Waals surface area contributed by atoms with Gasteiger partial charge < -0.3 is 15.0 Å². The van der Waals surface area contributed by atoms with E-state index >= 15 is 0 Å². The van der Waals surface area contributed by atoms with Crippen LogP contribution in [0.2, 0.25) is 0 Å². The first kappa shape index (κ1) is 22.0. The van der Waals surface area contributed by atoms with Gasteiger partial charge in [0.2, 0.25) is 11.8 Å². The summed E-state index contributed by atoms with van der Waals surface area (Å²) in [4.78, 5) is 36.3. The quantitative estimate of drug-likeness (QED) is 0.729. The summed E-state index contributed by atoms with van der Waals surface area (Å²) in [6.45, 7) is 4.58. The van der Waals surface area contributed by atoms with E-state index in [-0.39, 0.29) is 25.3 Å². The number of rotatable bonds is 3. The molecule has 2 heterocycles. The lowest BCUT2D eigenvalue weighted by molar-refractivity contribution is -0.133. The van der Waals surface area contributed by atoms with Crippen LogP contribution in [-0.2, 0) is 14.3 Å². The van der Waals surface area contributed by atoms with E-state index in [2.05, 4.69) is 10.6 Å². The van der Waals surface area contributed by atoms with Crippen molar-refractivity contribution in [2.45, 2.75) is 63.5 Å². The monoisotopic (exact) mass is 423 g/mol. The number of carbonyl (C=O) groups excluding carboxylic acids is 3. The molecule has 3 rings (SSSR count). The molecule has 1 aromatic carbocycles. The van der Waals surface area contributed by atoms with Crippen molar-refractivity contribution in [3.63, 3.8) is 0 Å². The topological polar surface area (TPSA) is 87.7 Å². The van der Waals surface area contributed by atoms with Gasteiger partial charge in [-0.2, -0.15) is 0 Å². The van der Waals surface area contributed by atoms with Crippen molar-refractivity contribution in [3.05, 3.63) is 29.8 Å². The Hall–Kier alpha value is -2.71. The molecule has 0 aromatic heterocycles. The first-order valence-corrected chi connectivity index (χ1v) is 10.0. The number of hydrogen-bond acceptors (Lipinski definition) is 5. The SMILES string of the molecule is CC(C)(C)OC(=O)N1CC[C@@H](c2ccc(NC3CCC(=O)NC3=O)cc2)C(F)(F)C1. The van der Waals surface area contributed by atoms with Crippen LogP contribution in [0.4, 0.5) is 19.3 Å². The van der Waals surface area contributed by atoms with Crippen LogP contribution in [0, 0.1) is 0 Å². The van der Waals surface area contributed by atoms with Gasteiger partial charge in [0.05, 0.1) is 12.5 Å². The van der Waals surface area contributed by atoms with Crippen molar-refractivity contribution in [2.75, 3.05) is 18.4 Å². The number of benzene rings is 1. The maximum absolute atomic E-state index is 14.8. The standard InChI is InChI=1S/C21H27F2N3O4/c1-20(2,3)30-19(29)26-11-10-15(21(22,23)12-26)13-4-6-14(7-5-13)24-16-8-9-17(27)25-18(16)28/h4-7,15-16,24H,8-12H2,1-3H3,(H,25,27,28)/t15-,16?/m0/s1. The van der Waals surface area contributed by atoms with Gasteiger partial charge in [0.15, 0.2) is 0 Å². The van der Waals surface area contributed by atoms with Gasteiger partial charge >= 0.3 is 6.09 Å². The number of likely N-dealkylation sites (tertiary alicyclic amines) is 1. The molecule has 0 spiro atoms. The molecule has 164 valence electrons. The summed E-state index contributed by atoms with van der Waals surface area (Å²) < 4.78 is 34.8. The van der Waals surface area contributed by atoms with E-state index in [0.717, 1.165) is 4.90 Å². The van der Waals surface area contributed by atoms with Gasteiger partial charge in [-0.3, -0.25) is 14.9 Å². The number of amides is 3. The van der Waals surface area contributed by atoms with Gasteiger partial charge in [-0.25, -0.2) is 13.6 Å². The first-order chi connectivity index (χ1) is 13.9. The second-order valence-electron chi connectivity index (χ2n) is 8.77. The molecule has 2 aliphatic heterocycles. The van der Waals surface area contributed by atoms with Gasteiger partial charge in [0.25, 0.3) is 5.92 Å². The summed E-state index contributed by atoms with van der Waals surface area (Å²) in [5.74, 6) is -4.79. The fraction of sp³-hybridized carbons (Fsp3) is 0.571. The molecular weight excluding hydrogens is 396 g/mol. The molecule has 0 saturated carbocycles. The molecule has 3 amide bonds. The predicted molar refractivity (Wildman–Crippen MR) is 106 cm³/mol. The Balaban J connectivity index is 1.63. The number of nitrogens with zero attached hydrogens (tertiary/aromatic N) is 1. The Morgan fingerprint density at radius 1 is 1.20 bits per heavy atom. The highest BCUT2D eigenvalue weighted by Gasteiger charge is 2.47. The predicted octanol–water partition coefficient (Wildman–Crippen LogP) is 3.26. The minimum absolute atomic E-state index is 0.117. The summed E-state index contributed by atoms with van der Waals surface area (Å²) in [5, 5.41) is 5.29. The number of anilines is 1. The summed E-state index contributed by atoms with van der Waals surface area (Å²) in [6, 6.07) is 5.98. The van der Waals surface area contributed by atoms with Gasteiger partial charge in [-0.1, -0.05) is 12.1 Å². The largest absolute Gasteiger partial charge is 0.444 e. The van der Waals surface area contributed by atoms with Gasteiger partial charge in [0, 0.05) is 18.7 Å². The Morgan fingerprint density at radius 2 is 1.87 bits per heavy atom. The normalized spacial score (nSPS) is 24.2. The number of imide groups is 1. The van der Waals surface area contributed by atoms with Crippen LogP contribution in [-0.4, -0.2) is 53.5 Å². The molecular formula is C21H27F2N3O4. The molecule has 2 saturated heterocycles. The van der Waals surface area contributed by atoms with E-state index in [1.165, 1.54) is 0 Å². The van der Waals surface area contributed by atoms with Gasteiger partial charge in [-0.15, -0.1) is 0 Å². The molecule has 0 radical (unpaired) electrons. The third-order valence-electron chi connectivity index (χ3n) is 5.14. The van der Waals surface area contributed by atoms with E-state index in [4.69, 9.17) is 4.74 Å². The van der Waals surface area contributed by atoms with Crippen molar-refractivity contribution >= 4 is 23.6 Å². The van der Waals surface area contributed by atoms with Crippen LogP contribution < -0.4 is 10.6 Å². The van der Waals surface area contributed by atoms with Crippen LogP contribution >= 0.6 is 0 Å². The highest BCUT2D eigenvalue weighted by atomic mass is 19.3. The molecule has 0 aliphatic carbocycles. The molecule has 0 bridgehead atoms. The van der Waals surface area contributed by atoms with Crippen molar-refractivity contribution in [2.24, 2.45) is 0 Å². The zero-order chi connectivity index (χ0) is 22.1. The smallest absolute Gasteiger partial charge is 0.410 e. The summed E-state index contributed by atoms with van der Waals surface area (Å²) in [5.41, 5.74) is 0.342. The Labute approximate surface area is 174 Å². The number of alkyl halides is 2. The number of piperidine rings is 2. The lowest BCUT2D eigenvalue weighted by Gasteiger charge is -2.39. The maximum atomic E-state index is 14.8. The molecule has 2 aliphatic rings. The number of halogens is 2. The van der Waals surface area contributed by atoms with Crippen LogP contribution in [0.1, 0.15) is 51.5 Å². The third-order valence-corrected chi connectivity index (χ3v) is 5.14. The average molecular weight is 423 g/mol. The van der Waals surface area contributed by atoms with Crippen LogP contribution in [0.15, 0.2) is 24.3 Å². The molecule has 2 fully saturated rings. The first-order valence-electron chi connectivity index (χ1n) is 10.0. The summed E-state index contributed by atoms with van der Waals surface area (Å²) in [7, 11) is 0. The number of ether oxygens (including phenoxy) is 1. The van der Waals surface area contributed by atoms with Crippen LogP contribution in [0.25, 0.3) is 0 Å². The molecule has 1 unspecified atom stereocenters. The molecule has 2 atom stereocenters. The molecule has 1 aromatic rings. The lowest BCUT2D eigenvalue weighted by Crippen LogP contribution is -2.50. The molecule has 2 N–H and O–H groups in total. The molecule has 9 heteroatoms. The Morgan fingerprint density at radius 3 is 2.43 bits per heavy atom. The maximum Gasteiger partial charge on any atom is 0.410 e. The number of nitrogens with one attached hydrogen (secondary N) is 2. The van der Waals surface area contributed by atoms with E-state index in [1.807, 2.05) is 0 Å². The third kappa shape index (κ3) is 5.25. The average Bonchev–Trinajstić information content (AvgIpc) is 2.62. The summed E-state index contributed by atoms with van der Waals surface area (Å²) in [6.07, 6.45) is 0.0217. The highest BCUT2D eigenvalue weighted by molar-refractivity contribution is 6.01. The molecule has 30 heavy (non-hydrogen) atoms. The minimum atomic E-state index is -3.09. The number of hydrogen-bond donors (Lipinski definition) is 2. The van der Waals surface area contributed by atoms with Crippen LogP contribution in [0.5, 0.6) is 0 Å². The lowest BCUT2D eigenvalue weighted by atomic mass is 9.86. The fourth-order valence-electron chi connectivity index (χ4n) is 3.68. The van der Waals surface area contributed by atoms with Gasteiger partial charge in [-0.05, 0) is 51.3 Å². The highest BCUT2D eigenvalue weighted by Crippen LogP contribution is 2.41. The zero-order valence-electron chi connectivity index (χ0n) is 17.3. The minimum Gasteiger partial charge on any atom is -0.444 e.